The molecule has 0 radical (unpaired) electrons. The minimum atomic E-state index is 0.464. The number of rotatable bonds is 3. The highest BCUT2D eigenvalue weighted by Crippen LogP contribution is 2.35. The summed E-state index contributed by atoms with van der Waals surface area (Å²) in [6.07, 6.45) is 1.54. The SMILES string of the molecule is COc1ccccc1Sc1ncc(N)cc1C#N. The van der Waals surface area contributed by atoms with Crippen LogP contribution in [0.2, 0.25) is 0 Å². The average Bonchev–Trinajstić information content (AvgIpc) is 2.41. The highest BCUT2D eigenvalue weighted by molar-refractivity contribution is 7.99. The number of hydrogen-bond donors (Lipinski definition) is 1. The second-order valence-electron chi connectivity index (χ2n) is 3.49. The molecule has 0 aliphatic carbocycles. The van der Waals surface area contributed by atoms with Gasteiger partial charge in [0.2, 0.25) is 0 Å². The van der Waals surface area contributed by atoms with E-state index < -0.39 is 0 Å². The van der Waals surface area contributed by atoms with Crippen molar-refractivity contribution in [1.29, 1.82) is 5.26 Å². The fourth-order valence-corrected chi connectivity index (χ4v) is 2.36. The van der Waals surface area contributed by atoms with Gasteiger partial charge >= 0.3 is 0 Å². The Morgan fingerprint density at radius 1 is 1.39 bits per heavy atom. The molecule has 1 aromatic carbocycles. The van der Waals surface area contributed by atoms with Crippen molar-refractivity contribution < 1.29 is 4.74 Å². The van der Waals surface area contributed by atoms with Gasteiger partial charge in [0.25, 0.3) is 0 Å². The van der Waals surface area contributed by atoms with Crippen molar-refractivity contribution in [2.24, 2.45) is 0 Å². The number of para-hydroxylation sites is 1. The van der Waals surface area contributed by atoms with Crippen molar-refractivity contribution in [3.8, 4) is 11.8 Å². The zero-order valence-electron chi connectivity index (χ0n) is 9.75. The van der Waals surface area contributed by atoms with Crippen LogP contribution in [0.4, 0.5) is 5.69 Å². The van der Waals surface area contributed by atoms with Gasteiger partial charge in [-0.05, 0) is 18.2 Å². The number of benzene rings is 1. The molecule has 2 N–H and O–H groups in total. The van der Waals surface area contributed by atoms with E-state index in [4.69, 9.17) is 15.7 Å². The van der Waals surface area contributed by atoms with Crippen LogP contribution in [0, 0.1) is 11.3 Å². The zero-order valence-corrected chi connectivity index (χ0v) is 10.6. The summed E-state index contributed by atoms with van der Waals surface area (Å²) in [5.41, 5.74) is 6.55. The second kappa shape index (κ2) is 5.43. The second-order valence-corrected chi connectivity index (χ2v) is 4.52. The van der Waals surface area contributed by atoms with Gasteiger partial charge < -0.3 is 10.5 Å². The molecule has 2 aromatic rings. The maximum absolute atomic E-state index is 9.06. The molecule has 0 unspecified atom stereocenters. The molecule has 0 saturated carbocycles. The molecule has 5 heteroatoms. The number of anilines is 1. The number of ether oxygens (including phenoxy) is 1. The van der Waals surface area contributed by atoms with Gasteiger partial charge in [-0.15, -0.1) is 0 Å². The third-order valence-electron chi connectivity index (χ3n) is 2.27. The van der Waals surface area contributed by atoms with E-state index in [9.17, 15) is 0 Å². The Hall–Kier alpha value is -2.19. The third kappa shape index (κ3) is 2.55. The van der Waals surface area contributed by atoms with Crippen LogP contribution in [-0.4, -0.2) is 12.1 Å². The molecule has 4 nitrogen and oxygen atoms in total. The van der Waals surface area contributed by atoms with Crippen LogP contribution in [0.3, 0.4) is 0 Å². The largest absolute Gasteiger partial charge is 0.496 e. The van der Waals surface area contributed by atoms with Crippen molar-refractivity contribution in [1.82, 2.24) is 4.98 Å². The van der Waals surface area contributed by atoms with E-state index in [0.29, 0.717) is 16.3 Å². The number of nitrogens with two attached hydrogens (primary N) is 1. The van der Waals surface area contributed by atoms with Crippen molar-refractivity contribution in [3.63, 3.8) is 0 Å². The lowest BCUT2D eigenvalue weighted by Gasteiger charge is -2.08. The summed E-state index contributed by atoms with van der Waals surface area (Å²) in [5.74, 6) is 0.755. The Morgan fingerprint density at radius 2 is 2.17 bits per heavy atom. The minimum Gasteiger partial charge on any atom is -0.496 e. The zero-order chi connectivity index (χ0) is 13.0. The van der Waals surface area contributed by atoms with Crippen LogP contribution in [0.25, 0.3) is 0 Å². The van der Waals surface area contributed by atoms with Crippen LogP contribution in [-0.2, 0) is 0 Å². The van der Waals surface area contributed by atoms with E-state index >= 15 is 0 Å². The van der Waals surface area contributed by atoms with Gasteiger partial charge in [-0.1, -0.05) is 23.9 Å². The smallest absolute Gasteiger partial charge is 0.132 e. The first-order valence-electron chi connectivity index (χ1n) is 5.21. The maximum atomic E-state index is 9.06. The predicted molar refractivity (Wildman–Crippen MR) is 70.5 cm³/mol. The van der Waals surface area contributed by atoms with Gasteiger partial charge in [-0.25, -0.2) is 4.98 Å². The number of nitrogen functional groups attached to an aromatic ring is 1. The minimum absolute atomic E-state index is 0.464. The Kier molecular flexibility index (Phi) is 3.70. The summed E-state index contributed by atoms with van der Waals surface area (Å²) in [5, 5.41) is 9.68. The number of hydrogen-bond acceptors (Lipinski definition) is 5. The fraction of sp³-hybridized carbons (Fsp3) is 0.0769. The lowest BCUT2D eigenvalue weighted by Crippen LogP contribution is -1.92. The van der Waals surface area contributed by atoms with Crippen LogP contribution in [0.5, 0.6) is 5.75 Å². The summed E-state index contributed by atoms with van der Waals surface area (Å²) >= 11 is 1.38. The first-order chi connectivity index (χ1) is 8.74. The number of nitriles is 1. The molecule has 0 aliphatic rings. The fourth-order valence-electron chi connectivity index (χ4n) is 1.44. The van der Waals surface area contributed by atoms with E-state index in [1.54, 1.807) is 19.4 Å². The van der Waals surface area contributed by atoms with Crippen molar-refractivity contribution >= 4 is 17.4 Å². The molecule has 0 amide bonds. The van der Waals surface area contributed by atoms with Gasteiger partial charge in [0.15, 0.2) is 0 Å². The van der Waals surface area contributed by atoms with E-state index in [0.717, 1.165) is 10.6 Å². The van der Waals surface area contributed by atoms with Crippen LogP contribution >= 0.6 is 11.8 Å². The van der Waals surface area contributed by atoms with Gasteiger partial charge in [0.1, 0.15) is 16.8 Å². The highest BCUT2D eigenvalue weighted by Gasteiger charge is 2.09. The van der Waals surface area contributed by atoms with E-state index in [1.165, 1.54) is 11.8 Å². The Balaban J connectivity index is 2.37. The molecular formula is C13H11N3OS. The summed E-state index contributed by atoms with van der Waals surface area (Å²) in [6.45, 7) is 0. The normalized spacial score (nSPS) is 9.78. The average molecular weight is 257 g/mol. The lowest BCUT2D eigenvalue weighted by atomic mass is 10.3. The molecule has 0 bridgehead atoms. The van der Waals surface area contributed by atoms with E-state index in [2.05, 4.69) is 11.1 Å². The molecule has 90 valence electrons. The molecule has 1 aromatic heterocycles. The van der Waals surface area contributed by atoms with E-state index in [-0.39, 0.29) is 0 Å². The molecule has 2 rings (SSSR count). The number of pyridine rings is 1. The molecule has 0 spiro atoms. The Morgan fingerprint density at radius 3 is 2.89 bits per heavy atom. The molecule has 18 heavy (non-hydrogen) atoms. The van der Waals surface area contributed by atoms with Gasteiger partial charge in [0.05, 0.1) is 29.5 Å². The molecule has 0 saturated heterocycles. The monoisotopic (exact) mass is 257 g/mol. The lowest BCUT2D eigenvalue weighted by molar-refractivity contribution is 0.405. The van der Waals surface area contributed by atoms with Crippen molar-refractivity contribution in [2.75, 3.05) is 12.8 Å². The summed E-state index contributed by atoms with van der Waals surface area (Å²) in [7, 11) is 1.61. The summed E-state index contributed by atoms with van der Waals surface area (Å²) in [4.78, 5) is 5.09. The van der Waals surface area contributed by atoms with Crippen molar-refractivity contribution in [2.45, 2.75) is 9.92 Å². The number of aromatic nitrogens is 1. The van der Waals surface area contributed by atoms with E-state index in [1.807, 2.05) is 24.3 Å². The third-order valence-corrected chi connectivity index (χ3v) is 3.34. The van der Waals surface area contributed by atoms with Gasteiger partial charge in [-0.3, -0.25) is 0 Å². The first kappa shape index (κ1) is 12.3. The highest BCUT2D eigenvalue weighted by atomic mass is 32.2. The Bertz CT molecular complexity index is 607. The van der Waals surface area contributed by atoms with Crippen LogP contribution in [0.1, 0.15) is 5.56 Å². The molecule has 0 atom stereocenters. The molecule has 0 fully saturated rings. The summed E-state index contributed by atoms with van der Waals surface area (Å²) in [6, 6.07) is 11.3. The van der Waals surface area contributed by atoms with Crippen LogP contribution in [0.15, 0.2) is 46.5 Å². The molecular weight excluding hydrogens is 246 g/mol. The standard InChI is InChI=1S/C13H11N3OS/c1-17-11-4-2-3-5-12(11)18-13-9(7-14)6-10(15)8-16-13/h2-6,8H,15H2,1H3. The first-order valence-corrected chi connectivity index (χ1v) is 6.02. The predicted octanol–water partition coefficient (Wildman–Crippen LogP) is 2.70. The molecule has 1 heterocycles. The maximum Gasteiger partial charge on any atom is 0.132 e. The summed E-state index contributed by atoms with van der Waals surface area (Å²) < 4.78 is 5.26. The topological polar surface area (TPSA) is 71.9 Å². The van der Waals surface area contributed by atoms with Crippen molar-refractivity contribution in [3.05, 3.63) is 42.1 Å². The number of methoxy groups -OCH3 is 1. The van der Waals surface area contributed by atoms with Crippen LogP contribution < -0.4 is 10.5 Å². The number of nitrogens with zero attached hydrogens (tertiary/aromatic N) is 2. The molecule has 0 aliphatic heterocycles. The van der Waals surface area contributed by atoms with Gasteiger partial charge in [-0.2, -0.15) is 5.26 Å². The quantitative estimate of drug-likeness (QED) is 0.915. The Labute approximate surface area is 109 Å². The van der Waals surface area contributed by atoms with Gasteiger partial charge in [0, 0.05) is 0 Å².